The van der Waals surface area contributed by atoms with Gasteiger partial charge in [0.2, 0.25) is 0 Å². The predicted molar refractivity (Wildman–Crippen MR) is 110 cm³/mol. The van der Waals surface area contributed by atoms with E-state index in [9.17, 15) is 5.11 Å². The van der Waals surface area contributed by atoms with Crippen LogP contribution in [0.1, 0.15) is 42.5 Å². The quantitative estimate of drug-likeness (QED) is 0.683. The van der Waals surface area contributed by atoms with E-state index in [1.165, 1.54) is 5.56 Å². The molecule has 3 aromatic carbocycles. The van der Waals surface area contributed by atoms with Crippen molar-refractivity contribution < 1.29 is 5.11 Å². The first-order valence-electron chi connectivity index (χ1n) is 9.85. The van der Waals surface area contributed by atoms with Crippen molar-refractivity contribution in [2.75, 3.05) is 6.54 Å². The van der Waals surface area contributed by atoms with Gasteiger partial charge in [-0.05, 0) is 43.0 Å². The van der Waals surface area contributed by atoms with Crippen LogP contribution in [0.5, 0.6) is 0 Å². The Kier molecular flexibility index (Phi) is 5.11. The predicted octanol–water partition coefficient (Wildman–Crippen LogP) is 5.15. The second-order valence-corrected chi connectivity index (χ2v) is 7.48. The molecular formula is C25H27NO. The highest BCUT2D eigenvalue weighted by Gasteiger charge is 2.46. The minimum absolute atomic E-state index is 0.0394. The van der Waals surface area contributed by atoms with Crippen LogP contribution in [0.15, 0.2) is 91.0 Å². The minimum atomic E-state index is -1.03. The molecule has 0 aromatic heterocycles. The molecule has 2 atom stereocenters. The van der Waals surface area contributed by atoms with Crippen molar-refractivity contribution in [1.29, 1.82) is 0 Å². The summed E-state index contributed by atoms with van der Waals surface area (Å²) in [6.45, 7) is 3.26. The van der Waals surface area contributed by atoms with E-state index < -0.39 is 5.60 Å². The molecule has 4 rings (SSSR count). The molecule has 2 nitrogen and oxygen atoms in total. The number of rotatable bonds is 5. The van der Waals surface area contributed by atoms with Crippen molar-refractivity contribution in [3.63, 3.8) is 0 Å². The summed E-state index contributed by atoms with van der Waals surface area (Å²) in [5.41, 5.74) is 2.21. The highest BCUT2D eigenvalue weighted by molar-refractivity contribution is 5.39. The zero-order chi connectivity index (χ0) is 18.7. The second-order valence-electron chi connectivity index (χ2n) is 7.48. The Balaban J connectivity index is 1.78. The van der Waals surface area contributed by atoms with Crippen LogP contribution in [0.2, 0.25) is 0 Å². The molecule has 0 saturated carbocycles. The maximum Gasteiger partial charge on any atom is 0.130 e. The molecule has 1 N–H and O–H groups in total. The minimum Gasteiger partial charge on any atom is -0.379 e. The third-order valence-electron chi connectivity index (χ3n) is 5.98. The van der Waals surface area contributed by atoms with E-state index in [1.807, 2.05) is 36.4 Å². The zero-order valence-electron chi connectivity index (χ0n) is 15.8. The van der Waals surface area contributed by atoms with E-state index in [-0.39, 0.29) is 12.1 Å². The standard InChI is InChI=1S/C25H27NO/c1-20(21-12-5-2-6-13-21)26-19-11-18-24(26)25(27,22-14-7-3-8-15-22)23-16-9-4-10-17-23/h2-10,12-17,20,24,27H,11,18-19H2,1H3/t20-,24+/m0/s1. The number of hydrogen-bond donors (Lipinski definition) is 1. The maximum atomic E-state index is 12.2. The van der Waals surface area contributed by atoms with Crippen LogP contribution in [0.25, 0.3) is 0 Å². The van der Waals surface area contributed by atoms with Crippen LogP contribution in [-0.2, 0) is 5.60 Å². The molecule has 3 aromatic rings. The summed E-state index contributed by atoms with van der Waals surface area (Å²) in [5, 5.41) is 12.2. The Morgan fingerprint density at radius 2 is 1.30 bits per heavy atom. The summed E-state index contributed by atoms with van der Waals surface area (Å²) in [6, 6.07) is 31.2. The molecule has 138 valence electrons. The normalized spacial score (nSPS) is 19.1. The average Bonchev–Trinajstić information content (AvgIpc) is 3.25. The Bertz CT molecular complexity index is 808. The molecule has 27 heavy (non-hydrogen) atoms. The number of hydrogen-bond acceptors (Lipinski definition) is 2. The van der Waals surface area contributed by atoms with Gasteiger partial charge in [0, 0.05) is 12.1 Å². The van der Waals surface area contributed by atoms with Gasteiger partial charge in [0.25, 0.3) is 0 Å². The molecule has 0 radical (unpaired) electrons. The lowest BCUT2D eigenvalue weighted by molar-refractivity contribution is -0.0166. The Hall–Kier alpha value is -2.42. The van der Waals surface area contributed by atoms with Crippen molar-refractivity contribution in [2.24, 2.45) is 0 Å². The average molecular weight is 357 g/mol. The molecule has 1 aliphatic heterocycles. The van der Waals surface area contributed by atoms with Gasteiger partial charge in [0.1, 0.15) is 5.60 Å². The summed E-state index contributed by atoms with van der Waals surface area (Å²) in [4.78, 5) is 2.48. The van der Waals surface area contributed by atoms with Crippen molar-refractivity contribution in [2.45, 2.75) is 37.5 Å². The van der Waals surface area contributed by atoms with Crippen molar-refractivity contribution >= 4 is 0 Å². The lowest BCUT2D eigenvalue weighted by Gasteiger charge is -2.42. The van der Waals surface area contributed by atoms with Crippen LogP contribution >= 0.6 is 0 Å². The van der Waals surface area contributed by atoms with E-state index in [2.05, 4.69) is 66.4 Å². The number of aliphatic hydroxyl groups is 1. The summed E-state index contributed by atoms with van der Waals surface area (Å²) in [7, 11) is 0. The van der Waals surface area contributed by atoms with Gasteiger partial charge in [-0.25, -0.2) is 0 Å². The third-order valence-corrected chi connectivity index (χ3v) is 5.98. The maximum absolute atomic E-state index is 12.2. The van der Waals surface area contributed by atoms with Gasteiger partial charge < -0.3 is 5.11 Å². The lowest BCUT2D eigenvalue weighted by Crippen LogP contribution is -2.49. The van der Waals surface area contributed by atoms with E-state index in [0.29, 0.717) is 0 Å². The molecule has 1 saturated heterocycles. The number of nitrogens with zero attached hydrogens (tertiary/aromatic N) is 1. The molecule has 1 heterocycles. The van der Waals surface area contributed by atoms with E-state index in [4.69, 9.17) is 0 Å². The van der Waals surface area contributed by atoms with Gasteiger partial charge in [0.15, 0.2) is 0 Å². The largest absolute Gasteiger partial charge is 0.379 e. The molecule has 0 bridgehead atoms. The monoisotopic (exact) mass is 357 g/mol. The van der Waals surface area contributed by atoms with Gasteiger partial charge >= 0.3 is 0 Å². The fourth-order valence-electron chi connectivity index (χ4n) is 4.56. The first-order valence-corrected chi connectivity index (χ1v) is 9.85. The molecule has 0 unspecified atom stereocenters. The van der Waals surface area contributed by atoms with Gasteiger partial charge in [-0.3, -0.25) is 4.90 Å². The topological polar surface area (TPSA) is 23.5 Å². The molecule has 0 amide bonds. The fraction of sp³-hybridized carbons (Fsp3) is 0.280. The highest BCUT2D eigenvalue weighted by Crippen LogP contribution is 2.43. The van der Waals surface area contributed by atoms with E-state index in [1.54, 1.807) is 0 Å². The molecule has 1 aliphatic rings. The molecule has 0 aliphatic carbocycles. The van der Waals surface area contributed by atoms with Crippen LogP contribution in [-0.4, -0.2) is 22.6 Å². The highest BCUT2D eigenvalue weighted by atomic mass is 16.3. The molecule has 2 heteroatoms. The summed E-state index contributed by atoms with van der Waals surface area (Å²) < 4.78 is 0. The molecule has 1 fully saturated rings. The first kappa shape index (κ1) is 18.0. The van der Waals surface area contributed by atoms with Gasteiger partial charge in [-0.1, -0.05) is 91.0 Å². The smallest absolute Gasteiger partial charge is 0.130 e. The van der Waals surface area contributed by atoms with Crippen LogP contribution in [0, 0.1) is 0 Å². The Labute approximate surface area is 162 Å². The number of benzene rings is 3. The number of likely N-dealkylation sites (tertiary alicyclic amines) is 1. The Morgan fingerprint density at radius 3 is 1.81 bits per heavy atom. The van der Waals surface area contributed by atoms with E-state index >= 15 is 0 Å². The van der Waals surface area contributed by atoms with Gasteiger partial charge in [-0.2, -0.15) is 0 Å². The van der Waals surface area contributed by atoms with Crippen molar-refractivity contribution in [1.82, 2.24) is 4.90 Å². The fourth-order valence-corrected chi connectivity index (χ4v) is 4.56. The van der Waals surface area contributed by atoms with Crippen molar-refractivity contribution in [3.05, 3.63) is 108 Å². The first-order chi connectivity index (χ1) is 13.2. The van der Waals surface area contributed by atoms with Crippen LogP contribution < -0.4 is 0 Å². The Morgan fingerprint density at radius 1 is 0.815 bits per heavy atom. The summed E-state index contributed by atoms with van der Waals surface area (Å²) >= 11 is 0. The van der Waals surface area contributed by atoms with Gasteiger partial charge in [0.05, 0.1) is 0 Å². The van der Waals surface area contributed by atoms with Crippen LogP contribution in [0.3, 0.4) is 0 Å². The lowest BCUT2D eigenvalue weighted by atomic mass is 9.78. The summed E-state index contributed by atoms with van der Waals surface area (Å²) in [6.07, 6.45) is 2.08. The SMILES string of the molecule is C[C@@H](c1ccccc1)N1CCC[C@@H]1C(O)(c1ccccc1)c1ccccc1. The van der Waals surface area contributed by atoms with Crippen LogP contribution in [0.4, 0.5) is 0 Å². The van der Waals surface area contributed by atoms with E-state index in [0.717, 1.165) is 30.5 Å². The van der Waals surface area contributed by atoms with Crippen molar-refractivity contribution in [3.8, 4) is 0 Å². The molecule has 0 spiro atoms. The molecular weight excluding hydrogens is 330 g/mol. The van der Waals surface area contributed by atoms with Gasteiger partial charge in [-0.15, -0.1) is 0 Å². The zero-order valence-corrected chi connectivity index (χ0v) is 15.8. The second kappa shape index (κ2) is 7.67. The third kappa shape index (κ3) is 3.31. The summed E-state index contributed by atoms with van der Waals surface area (Å²) in [5.74, 6) is 0.